The average Bonchev–Trinajstić information content (AvgIpc) is 3.14. The van der Waals surface area contributed by atoms with Crippen molar-refractivity contribution in [3.05, 3.63) is 87.2 Å². The van der Waals surface area contributed by atoms with E-state index in [-0.39, 0.29) is 5.57 Å². The van der Waals surface area contributed by atoms with Gasteiger partial charge < -0.3 is 9.88 Å². The number of anilines is 1. The van der Waals surface area contributed by atoms with E-state index in [1.165, 1.54) is 44.1 Å². The molecule has 1 heterocycles. The van der Waals surface area contributed by atoms with Crippen molar-refractivity contribution in [1.82, 2.24) is 4.57 Å². The minimum Gasteiger partial charge on any atom is -0.321 e. The number of carbonyl (C=O) groups is 1. The van der Waals surface area contributed by atoms with Crippen LogP contribution in [0.4, 0.5) is 5.69 Å². The predicted octanol–water partition coefficient (Wildman–Crippen LogP) is 7.87. The van der Waals surface area contributed by atoms with Gasteiger partial charge in [0, 0.05) is 27.2 Å². The van der Waals surface area contributed by atoms with Crippen molar-refractivity contribution < 1.29 is 4.79 Å². The number of aryl methyl sites for hydroxylation is 1. The number of amides is 1. The van der Waals surface area contributed by atoms with Crippen molar-refractivity contribution in [3.8, 4) is 11.8 Å². The molecule has 2 aromatic carbocycles. The summed E-state index contributed by atoms with van der Waals surface area (Å²) >= 11 is 3.41. The first-order valence-corrected chi connectivity index (χ1v) is 14.1. The maximum atomic E-state index is 12.8. The third-order valence-corrected chi connectivity index (χ3v) is 9.49. The van der Waals surface area contributed by atoms with Crippen molar-refractivity contribution >= 4 is 33.6 Å². The summed E-state index contributed by atoms with van der Waals surface area (Å²) in [5.74, 6) is 2.39. The molecule has 0 radical (unpaired) electrons. The van der Waals surface area contributed by atoms with E-state index in [1.807, 2.05) is 31.2 Å². The van der Waals surface area contributed by atoms with Gasteiger partial charge in [0.15, 0.2) is 0 Å². The van der Waals surface area contributed by atoms with E-state index in [0.29, 0.717) is 11.1 Å². The van der Waals surface area contributed by atoms with Gasteiger partial charge in [-0.25, -0.2) is 0 Å². The Labute approximate surface area is 227 Å². The molecule has 0 saturated heterocycles. The number of nitrogens with one attached hydrogen (secondary N) is 1. The second-order valence-electron chi connectivity index (χ2n) is 11.5. The monoisotopic (exact) mass is 553 g/mol. The molecule has 188 valence electrons. The van der Waals surface area contributed by atoms with E-state index in [2.05, 4.69) is 63.1 Å². The summed E-state index contributed by atoms with van der Waals surface area (Å²) < 4.78 is 3.08. The summed E-state index contributed by atoms with van der Waals surface area (Å²) in [6.07, 6.45) is 10.2. The van der Waals surface area contributed by atoms with E-state index < -0.39 is 5.91 Å². The summed E-state index contributed by atoms with van der Waals surface area (Å²) in [7, 11) is 0. The average molecular weight is 555 g/mol. The fraction of sp³-hybridized carbons (Fsp3) is 0.375. The maximum absolute atomic E-state index is 12.8. The Morgan fingerprint density at radius 3 is 2.27 bits per heavy atom. The molecule has 7 rings (SSSR count). The number of aromatic nitrogens is 1. The van der Waals surface area contributed by atoms with Crippen LogP contribution < -0.4 is 5.32 Å². The van der Waals surface area contributed by atoms with Gasteiger partial charge in [-0.2, -0.15) is 5.26 Å². The van der Waals surface area contributed by atoms with Gasteiger partial charge in [-0.3, -0.25) is 4.79 Å². The molecule has 0 spiro atoms. The first-order valence-electron chi connectivity index (χ1n) is 13.3. The van der Waals surface area contributed by atoms with Crippen molar-refractivity contribution in [2.24, 2.45) is 17.8 Å². The minimum absolute atomic E-state index is 0.0809. The molecule has 4 bridgehead atoms. The molecule has 4 saturated carbocycles. The second-order valence-corrected chi connectivity index (χ2v) is 12.5. The lowest BCUT2D eigenvalue weighted by Crippen LogP contribution is -2.48. The largest absolute Gasteiger partial charge is 0.321 e. The topological polar surface area (TPSA) is 57.8 Å². The molecule has 5 heteroatoms. The Bertz CT molecular complexity index is 1400. The highest BCUT2D eigenvalue weighted by Crippen LogP contribution is 2.60. The van der Waals surface area contributed by atoms with E-state index in [9.17, 15) is 10.1 Å². The molecule has 3 aromatic rings. The van der Waals surface area contributed by atoms with Crippen LogP contribution in [-0.4, -0.2) is 10.5 Å². The highest BCUT2D eigenvalue weighted by molar-refractivity contribution is 9.10. The Morgan fingerprint density at radius 1 is 1.03 bits per heavy atom. The van der Waals surface area contributed by atoms with Crippen LogP contribution in [0.15, 0.2) is 64.6 Å². The lowest BCUT2D eigenvalue weighted by molar-refractivity contribution is -0.112. The van der Waals surface area contributed by atoms with Crippen LogP contribution in [0.2, 0.25) is 0 Å². The van der Waals surface area contributed by atoms with Gasteiger partial charge in [-0.1, -0.05) is 34.1 Å². The Hall–Kier alpha value is -3.10. The summed E-state index contributed by atoms with van der Waals surface area (Å²) in [5, 5.41) is 12.5. The van der Waals surface area contributed by atoms with Crippen LogP contribution in [0.3, 0.4) is 0 Å². The molecule has 1 N–H and O–H groups in total. The number of hydrogen-bond acceptors (Lipinski definition) is 2. The Kier molecular flexibility index (Phi) is 6.12. The normalized spacial score (nSPS) is 26.2. The van der Waals surface area contributed by atoms with E-state index >= 15 is 0 Å². The number of nitrogens with zero attached hydrogens (tertiary/aromatic N) is 2. The highest BCUT2D eigenvalue weighted by atomic mass is 79.9. The molecule has 4 fully saturated rings. The number of benzene rings is 2. The van der Waals surface area contributed by atoms with Gasteiger partial charge in [0.05, 0.1) is 0 Å². The molecule has 4 nitrogen and oxygen atoms in total. The third-order valence-electron chi connectivity index (χ3n) is 8.99. The molecule has 1 amide bonds. The smallest absolute Gasteiger partial charge is 0.266 e. The molecular formula is C32H32BrN3O. The van der Waals surface area contributed by atoms with E-state index in [1.54, 1.807) is 12.1 Å². The van der Waals surface area contributed by atoms with Crippen LogP contribution in [-0.2, 0) is 10.2 Å². The number of halogens is 1. The van der Waals surface area contributed by atoms with Gasteiger partial charge in [0.2, 0.25) is 0 Å². The van der Waals surface area contributed by atoms with E-state index in [4.69, 9.17) is 0 Å². The van der Waals surface area contributed by atoms with Crippen LogP contribution in [0.1, 0.15) is 61.0 Å². The van der Waals surface area contributed by atoms with E-state index in [0.717, 1.165) is 44.9 Å². The maximum Gasteiger partial charge on any atom is 0.266 e. The molecule has 1 aromatic heterocycles. The van der Waals surface area contributed by atoms with Crippen molar-refractivity contribution in [2.45, 2.75) is 57.8 Å². The fourth-order valence-electron chi connectivity index (χ4n) is 7.83. The van der Waals surface area contributed by atoms with Crippen LogP contribution in [0.25, 0.3) is 11.8 Å². The van der Waals surface area contributed by atoms with Gasteiger partial charge in [-0.15, -0.1) is 0 Å². The van der Waals surface area contributed by atoms with Gasteiger partial charge >= 0.3 is 0 Å². The summed E-state index contributed by atoms with van der Waals surface area (Å²) in [6, 6.07) is 20.7. The quantitative estimate of drug-likeness (QED) is 0.258. The summed E-state index contributed by atoms with van der Waals surface area (Å²) in [6.45, 7) is 4.12. The number of carbonyl (C=O) groups excluding carboxylic acids is 1. The second kappa shape index (κ2) is 9.33. The molecule has 0 aliphatic heterocycles. The SMILES string of the molecule is Cc1cc(/C=C(/C#N)C(=O)Nc2cccc(Br)c2)c(C)n1-c1ccc(C23CC4CC(CC(C4)C2)C3)cc1. The third kappa shape index (κ3) is 4.46. The first-order chi connectivity index (χ1) is 17.8. The molecule has 4 aliphatic carbocycles. The summed E-state index contributed by atoms with van der Waals surface area (Å²) in [4.78, 5) is 12.8. The standard InChI is InChI=1S/C32H32BrN3O/c1-20-10-25(14-26(19-34)31(37)35-29-5-3-4-28(33)15-29)21(2)36(20)30-8-6-27(7-9-30)32-16-22-11-23(17-32)13-24(12-22)18-32/h3-10,14-15,22-24H,11-13,16-18H2,1-2H3,(H,35,37)/b26-14-. The number of nitriles is 1. The molecule has 37 heavy (non-hydrogen) atoms. The van der Waals surface area contributed by atoms with Crippen molar-refractivity contribution in [1.29, 1.82) is 5.26 Å². The lowest BCUT2D eigenvalue weighted by Gasteiger charge is -2.57. The fourth-order valence-corrected chi connectivity index (χ4v) is 8.23. The zero-order valence-electron chi connectivity index (χ0n) is 21.4. The van der Waals surface area contributed by atoms with Gasteiger partial charge in [0.25, 0.3) is 5.91 Å². The summed E-state index contributed by atoms with van der Waals surface area (Å²) in [5.41, 5.74) is 6.74. The molecule has 0 atom stereocenters. The predicted molar refractivity (Wildman–Crippen MR) is 151 cm³/mol. The minimum atomic E-state index is -0.412. The van der Waals surface area contributed by atoms with Gasteiger partial charge in [-0.05, 0) is 129 Å². The molecule has 4 aliphatic rings. The first kappa shape index (κ1) is 24.2. The van der Waals surface area contributed by atoms with Crippen LogP contribution >= 0.6 is 15.9 Å². The number of rotatable bonds is 5. The van der Waals surface area contributed by atoms with Crippen molar-refractivity contribution in [2.75, 3.05) is 5.32 Å². The lowest BCUT2D eigenvalue weighted by atomic mass is 9.48. The Balaban J connectivity index is 1.25. The number of hydrogen-bond donors (Lipinski definition) is 1. The highest BCUT2D eigenvalue weighted by Gasteiger charge is 2.51. The molecular weight excluding hydrogens is 522 g/mol. The van der Waals surface area contributed by atoms with Gasteiger partial charge in [0.1, 0.15) is 11.6 Å². The molecule has 0 unspecified atom stereocenters. The Morgan fingerprint density at radius 2 is 1.68 bits per heavy atom. The van der Waals surface area contributed by atoms with Crippen LogP contribution in [0, 0.1) is 42.9 Å². The zero-order chi connectivity index (χ0) is 25.7. The van der Waals surface area contributed by atoms with Crippen molar-refractivity contribution in [3.63, 3.8) is 0 Å². The zero-order valence-corrected chi connectivity index (χ0v) is 23.0. The van der Waals surface area contributed by atoms with Crippen LogP contribution in [0.5, 0.6) is 0 Å².